The molecule has 5 heteroatoms. The van der Waals surface area contributed by atoms with Crippen LogP contribution in [0.4, 0.5) is 14.9 Å². The van der Waals surface area contributed by atoms with Gasteiger partial charge in [0.05, 0.1) is 11.1 Å². The SMILES string of the molecule is CC(C)COC(=O)Nc1ccc(Br)c(F)c1. The second kappa shape index (κ2) is 5.84. The van der Waals surface area contributed by atoms with Crippen LogP contribution in [0.1, 0.15) is 13.8 Å². The summed E-state index contributed by atoms with van der Waals surface area (Å²) in [5.74, 6) is -0.158. The van der Waals surface area contributed by atoms with Crippen molar-refractivity contribution in [1.82, 2.24) is 0 Å². The Morgan fingerprint density at radius 1 is 1.56 bits per heavy atom. The molecule has 0 atom stereocenters. The maximum Gasteiger partial charge on any atom is 0.411 e. The van der Waals surface area contributed by atoms with Gasteiger partial charge in [-0.1, -0.05) is 13.8 Å². The van der Waals surface area contributed by atoms with Crippen LogP contribution in [0, 0.1) is 11.7 Å². The smallest absolute Gasteiger partial charge is 0.411 e. The van der Waals surface area contributed by atoms with E-state index in [0.717, 1.165) is 0 Å². The minimum Gasteiger partial charge on any atom is -0.449 e. The Morgan fingerprint density at radius 3 is 2.81 bits per heavy atom. The zero-order valence-corrected chi connectivity index (χ0v) is 10.7. The molecule has 1 amide bonds. The predicted octanol–water partition coefficient (Wildman–Crippen LogP) is 3.79. The summed E-state index contributed by atoms with van der Waals surface area (Å²) in [6, 6.07) is 4.33. The summed E-state index contributed by atoms with van der Waals surface area (Å²) < 4.78 is 18.4. The Bertz CT molecular complexity index is 382. The fourth-order valence-corrected chi connectivity index (χ4v) is 1.22. The number of ether oxygens (including phenoxy) is 1. The van der Waals surface area contributed by atoms with Gasteiger partial charge in [0.25, 0.3) is 0 Å². The normalized spacial score (nSPS) is 10.3. The molecule has 0 aromatic heterocycles. The first-order chi connectivity index (χ1) is 7.49. The van der Waals surface area contributed by atoms with Crippen LogP contribution < -0.4 is 5.32 Å². The molecule has 1 N–H and O–H groups in total. The Hall–Kier alpha value is -1.10. The first-order valence-electron chi connectivity index (χ1n) is 4.88. The third-order valence-electron chi connectivity index (χ3n) is 1.71. The van der Waals surface area contributed by atoms with Gasteiger partial charge >= 0.3 is 6.09 Å². The number of carbonyl (C=O) groups excluding carboxylic acids is 1. The van der Waals surface area contributed by atoms with Gasteiger partial charge in [0, 0.05) is 5.69 Å². The number of rotatable bonds is 3. The standard InChI is InChI=1S/C11H13BrFNO2/c1-7(2)6-16-11(15)14-8-3-4-9(12)10(13)5-8/h3-5,7H,6H2,1-2H3,(H,14,15). The first-order valence-corrected chi connectivity index (χ1v) is 5.67. The van der Waals surface area contributed by atoms with Gasteiger partial charge in [-0.15, -0.1) is 0 Å². The number of hydrogen-bond acceptors (Lipinski definition) is 2. The lowest BCUT2D eigenvalue weighted by molar-refractivity contribution is 0.147. The molecule has 0 aliphatic heterocycles. The predicted molar refractivity (Wildman–Crippen MR) is 63.9 cm³/mol. The van der Waals surface area contributed by atoms with Crippen LogP contribution in [0.25, 0.3) is 0 Å². The molecule has 0 aliphatic rings. The largest absolute Gasteiger partial charge is 0.449 e. The summed E-state index contributed by atoms with van der Waals surface area (Å²) >= 11 is 3.03. The average molecular weight is 290 g/mol. The number of carbonyl (C=O) groups is 1. The molecule has 0 heterocycles. The number of anilines is 1. The van der Waals surface area contributed by atoms with Crippen LogP contribution in [0.2, 0.25) is 0 Å². The van der Waals surface area contributed by atoms with E-state index in [9.17, 15) is 9.18 Å². The molecule has 16 heavy (non-hydrogen) atoms. The fraction of sp³-hybridized carbons (Fsp3) is 0.364. The average Bonchev–Trinajstić information content (AvgIpc) is 2.21. The van der Waals surface area contributed by atoms with Crippen LogP contribution >= 0.6 is 15.9 Å². The Kier molecular flexibility index (Phi) is 4.73. The van der Waals surface area contributed by atoms with Crippen LogP contribution in [-0.2, 0) is 4.74 Å². The van der Waals surface area contributed by atoms with E-state index in [4.69, 9.17) is 4.74 Å². The zero-order chi connectivity index (χ0) is 12.1. The highest BCUT2D eigenvalue weighted by atomic mass is 79.9. The first kappa shape index (κ1) is 13.0. The van der Waals surface area contributed by atoms with Crippen LogP contribution in [0.3, 0.4) is 0 Å². The lowest BCUT2D eigenvalue weighted by atomic mass is 10.2. The molecule has 1 aromatic carbocycles. The van der Waals surface area contributed by atoms with Crippen molar-refractivity contribution < 1.29 is 13.9 Å². The quantitative estimate of drug-likeness (QED) is 0.919. The van der Waals surface area contributed by atoms with Crippen molar-refractivity contribution in [2.24, 2.45) is 5.92 Å². The van der Waals surface area contributed by atoms with Crippen molar-refractivity contribution in [2.45, 2.75) is 13.8 Å². The van der Waals surface area contributed by atoms with Gasteiger partial charge in [-0.2, -0.15) is 0 Å². The van der Waals surface area contributed by atoms with E-state index in [1.807, 2.05) is 13.8 Å². The summed E-state index contributed by atoms with van der Waals surface area (Å²) in [5.41, 5.74) is 0.370. The van der Waals surface area contributed by atoms with E-state index in [1.54, 1.807) is 6.07 Å². The van der Waals surface area contributed by atoms with Crippen LogP contribution in [-0.4, -0.2) is 12.7 Å². The fourth-order valence-electron chi connectivity index (χ4n) is 0.970. The lowest BCUT2D eigenvalue weighted by Gasteiger charge is -2.08. The van der Waals surface area contributed by atoms with E-state index < -0.39 is 11.9 Å². The highest BCUT2D eigenvalue weighted by Crippen LogP contribution is 2.19. The molecule has 0 bridgehead atoms. The Balaban J connectivity index is 2.53. The lowest BCUT2D eigenvalue weighted by Crippen LogP contribution is -2.16. The Labute approximate surface area is 102 Å². The van der Waals surface area contributed by atoms with Crippen molar-refractivity contribution in [3.8, 4) is 0 Å². The molecular weight excluding hydrogens is 277 g/mol. The minimum atomic E-state index is -0.574. The van der Waals surface area contributed by atoms with Crippen molar-refractivity contribution in [2.75, 3.05) is 11.9 Å². The molecule has 88 valence electrons. The molecule has 1 aromatic rings. The molecule has 3 nitrogen and oxygen atoms in total. The van der Waals surface area contributed by atoms with E-state index in [2.05, 4.69) is 21.2 Å². The van der Waals surface area contributed by atoms with Gasteiger partial charge in [0.15, 0.2) is 0 Å². The summed E-state index contributed by atoms with van der Waals surface area (Å²) in [6.07, 6.45) is -0.574. The number of hydrogen-bond donors (Lipinski definition) is 1. The molecule has 0 saturated heterocycles. The second-order valence-electron chi connectivity index (χ2n) is 3.75. The molecule has 0 unspecified atom stereocenters. The van der Waals surface area contributed by atoms with E-state index >= 15 is 0 Å². The zero-order valence-electron chi connectivity index (χ0n) is 9.09. The monoisotopic (exact) mass is 289 g/mol. The van der Waals surface area contributed by atoms with Gasteiger partial charge < -0.3 is 4.74 Å². The van der Waals surface area contributed by atoms with Crippen molar-refractivity contribution in [3.05, 3.63) is 28.5 Å². The van der Waals surface area contributed by atoms with Crippen LogP contribution in [0.15, 0.2) is 22.7 Å². The number of nitrogens with one attached hydrogen (secondary N) is 1. The van der Waals surface area contributed by atoms with E-state index in [-0.39, 0.29) is 5.92 Å². The van der Waals surface area contributed by atoms with Crippen molar-refractivity contribution >= 4 is 27.7 Å². The summed E-state index contributed by atoms with van der Waals surface area (Å²) in [6.45, 7) is 4.21. The molecule has 0 spiro atoms. The van der Waals surface area contributed by atoms with Gasteiger partial charge in [0.1, 0.15) is 5.82 Å². The molecule has 0 saturated carbocycles. The van der Waals surface area contributed by atoms with E-state index in [0.29, 0.717) is 16.8 Å². The Morgan fingerprint density at radius 2 is 2.25 bits per heavy atom. The molecule has 0 radical (unpaired) electrons. The van der Waals surface area contributed by atoms with Crippen molar-refractivity contribution in [3.63, 3.8) is 0 Å². The van der Waals surface area contributed by atoms with Gasteiger partial charge in [0.2, 0.25) is 0 Å². The van der Waals surface area contributed by atoms with Crippen molar-refractivity contribution in [1.29, 1.82) is 0 Å². The molecule has 0 fully saturated rings. The van der Waals surface area contributed by atoms with Crippen LogP contribution in [0.5, 0.6) is 0 Å². The second-order valence-corrected chi connectivity index (χ2v) is 4.60. The maximum atomic E-state index is 13.1. The van der Waals surface area contributed by atoms with Gasteiger partial charge in [-0.25, -0.2) is 9.18 Å². The molecular formula is C11H13BrFNO2. The maximum absolute atomic E-state index is 13.1. The minimum absolute atomic E-state index is 0.271. The summed E-state index contributed by atoms with van der Waals surface area (Å²) in [5, 5.41) is 2.44. The topological polar surface area (TPSA) is 38.3 Å². The molecule has 1 rings (SSSR count). The molecule has 0 aliphatic carbocycles. The highest BCUT2D eigenvalue weighted by molar-refractivity contribution is 9.10. The highest BCUT2D eigenvalue weighted by Gasteiger charge is 2.06. The summed E-state index contributed by atoms with van der Waals surface area (Å²) in [7, 11) is 0. The number of benzene rings is 1. The van der Waals surface area contributed by atoms with Gasteiger partial charge in [-0.3, -0.25) is 5.32 Å². The summed E-state index contributed by atoms with van der Waals surface area (Å²) in [4.78, 5) is 11.2. The van der Waals surface area contributed by atoms with Gasteiger partial charge in [-0.05, 0) is 40.0 Å². The number of halogens is 2. The number of amides is 1. The van der Waals surface area contributed by atoms with E-state index in [1.165, 1.54) is 12.1 Å². The third kappa shape index (κ3) is 4.18. The third-order valence-corrected chi connectivity index (χ3v) is 2.36.